The van der Waals surface area contributed by atoms with Gasteiger partial charge in [0.05, 0.1) is 17.5 Å². The fourth-order valence-electron chi connectivity index (χ4n) is 1.85. The molecule has 18 heavy (non-hydrogen) atoms. The minimum absolute atomic E-state index is 0.00390. The van der Waals surface area contributed by atoms with Gasteiger partial charge in [-0.25, -0.2) is 0 Å². The molecule has 1 rings (SSSR count). The summed E-state index contributed by atoms with van der Waals surface area (Å²) in [7, 11) is 0. The first-order valence-corrected chi connectivity index (χ1v) is 7.51. The van der Waals surface area contributed by atoms with Crippen molar-refractivity contribution in [1.82, 2.24) is 5.32 Å². The number of hydrogen-bond donors (Lipinski definition) is 2. The molecule has 0 fully saturated rings. The van der Waals surface area contributed by atoms with Crippen LogP contribution in [0, 0.1) is 0 Å². The van der Waals surface area contributed by atoms with Gasteiger partial charge in [0.2, 0.25) is 0 Å². The van der Waals surface area contributed by atoms with Gasteiger partial charge >= 0.3 is 0 Å². The van der Waals surface area contributed by atoms with Gasteiger partial charge in [-0.1, -0.05) is 27.2 Å². The van der Waals surface area contributed by atoms with Crippen LogP contribution in [0.3, 0.4) is 0 Å². The SMILES string of the molecule is CCCc1sc(C(=O)N[C@H](CC)CO)cc1CC. The van der Waals surface area contributed by atoms with Gasteiger partial charge in [-0.3, -0.25) is 4.79 Å². The first kappa shape index (κ1) is 15.2. The second-order valence-corrected chi connectivity index (χ2v) is 5.56. The average Bonchev–Trinajstić information content (AvgIpc) is 2.79. The molecule has 0 unspecified atom stereocenters. The quantitative estimate of drug-likeness (QED) is 0.799. The Morgan fingerprint density at radius 2 is 2.17 bits per heavy atom. The summed E-state index contributed by atoms with van der Waals surface area (Å²) in [5.41, 5.74) is 1.28. The molecule has 3 nitrogen and oxygen atoms in total. The third-order valence-electron chi connectivity index (χ3n) is 3.03. The van der Waals surface area contributed by atoms with Crippen molar-refractivity contribution in [2.75, 3.05) is 6.61 Å². The molecule has 0 aliphatic heterocycles. The van der Waals surface area contributed by atoms with E-state index in [1.165, 1.54) is 10.4 Å². The summed E-state index contributed by atoms with van der Waals surface area (Å²) in [6.07, 6.45) is 3.85. The van der Waals surface area contributed by atoms with E-state index in [1.807, 2.05) is 13.0 Å². The molecule has 0 radical (unpaired) electrons. The number of thiophene rings is 1. The Hall–Kier alpha value is -0.870. The molecule has 102 valence electrons. The third-order valence-corrected chi connectivity index (χ3v) is 4.26. The summed E-state index contributed by atoms with van der Waals surface area (Å²) < 4.78 is 0. The van der Waals surface area contributed by atoms with Crippen molar-refractivity contribution in [3.8, 4) is 0 Å². The first-order valence-electron chi connectivity index (χ1n) is 6.69. The Kier molecular flexibility index (Phi) is 6.36. The van der Waals surface area contributed by atoms with E-state index in [4.69, 9.17) is 5.11 Å². The lowest BCUT2D eigenvalue weighted by Crippen LogP contribution is -2.36. The highest BCUT2D eigenvalue weighted by Gasteiger charge is 2.15. The molecule has 0 bridgehead atoms. The molecule has 0 saturated heterocycles. The summed E-state index contributed by atoms with van der Waals surface area (Å²) in [5, 5.41) is 12.0. The summed E-state index contributed by atoms with van der Waals surface area (Å²) >= 11 is 1.59. The van der Waals surface area contributed by atoms with Crippen LogP contribution in [0.25, 0.3) is 0 Å². The Labute approximate surface area is 113 Å². The number of rotatable bonds is 7. The van der Waals surface area contributed by atoms with Crippen LogP contribution in [0.4, 0.5) is 0 Å². The van der Waals surface area contributed by atoms with Crippen molar-refractivity contribution >= 4 is 17.2 Å². The molecule has 0 aromatic carbocycles. The molecule has 0 spiro atoms. The maximum absolute atomic E-state index is 12.0. The molecule has 1 amide bonds. The average molecular weight is 269 g/mol. The zero-order chi connectivity index (χ0) is 13.5. The van der Waals surface area contributed by atoms with Gasteiger partial charge < -0.3 is 10.4 Å². The van der Waals surface area contributed by atoms with Crippen LogP contribution < -0.4 is 5.32 Å². The van der Waals surface area contributed by atoms with E-state index in [0.29, 0.717) is 0 Å². The smallest absolute Gasteiger partial charge is 0.261 e. The number of carbonyl (C=O) groups is 1. The van der Waals surface area contributed by atoms with Gasteiger partial charge in [-0.05, 0) is 30.9 Å². The Morgan fingerprint density at radius 3 is 2.67 bits per heavy atom. The van der Waals surface area contributed by atoms with Crippen molar-refractivity contribution in [2.24, 2.45) is 0 Å². The molecule has 0 aliphatic carbocycles. The molecule has 4 heteroatoms. The zero-order valence-corrected chi connectivity index (χ0v) is 12.3. The van der Waals surface area contributed by atoms with E-state index in [2.05, 4.69) is 19.2 Å². The minimum atomic E-state index is -0.140. The summed E-state index contributed by atoms with van der Waals surface area (Å²) in [5.74, 6) is -0.0575. The van der Waals surface area contributed by atoms with Gasteiger partial charge in [-0.15, -0.1) is 11.3 Å². The topological polar surface area (TPSA) is 49.3 Å². The number of amides is 1. The zero-order valence-electron chi connectivity index (χ0n) is 11.5. The standard InChI is InChI=1S/C14H23NO2S/c1-4-7-12-10(5-2)8-13(18-12)14(17)15-11(6-3)9-16/h8,11,16H,4-7,9H2,1-3H3,(H,15,17)/t11-/m1/s1. The number of carbonyl (C=O) groups excluding carboxylic acids is 1. The molecule has 0 saturated carbocycles. The number of hydrogen-bond acceptors (Lipinski definition) is 3. The molecule has 2 N–H and O–H groups in total. The maximum atomic E-state index is 12.0. The van der Waals surface area contributed by atoms with E-state index in [0.717, 1.165) is 30.6 Å². The van der Waals surface area contributed by atoms with Gasteiger partial charge in [0.25, 0.3) is 5.91 Å². The highest BCUT2D eigenvalue weighted by molar-refractivity contribution is 7.14. The van der Waals surface area contributed by atoms with Crippen molar-refractivity contribution in [1.29, 1.82) is 0 Å². The second-order valence-electron chi connectivity index (χ2n) is 4.42. The summed E-state index contributed by atoms with van der Waals surface area (Å²) in [6, 6.07) is 1.86. The van der Waals surface area contributed by atoms with Crippen LogP contribution in [0.1, 0.15) is 53.7 Å². The highest BCUT2D eigenvalue weighted by Crippen LogP contribution is 2.24. The van der Waals surface area contributed by atoms with Crippen LogP contribution in [-0.2, 0) is 12.8 Å². The third kappa shape index (κ3) is 3.82. The molecular weight excluding hydrogens is 246 g/mol. The van der Waals surface area contributed by atoms with Crippen LogP contribution >= 0.6 is 11.3 Å². The highest BCUT2D eigenvalue weighted by atomic mass is 32.1. The maximum Gasteiger partial charge on any atom is 0.261 e. The molecule has 1 aromatic rings. The normalized spacial score (nSPS) is 12.4. The molecular formula is C14H23NO2S. The molecule has 0 aliphatic rings. The minimum Gasteiger partial charge on any atom is -0.394 e. The van der Waals surface area contributed by atoms with Crippen molar-refractivity contribution in [2.45, 2.75) is 52.5 Å². The van der Waals surface area contributed by atoms with E-state index < -0.39 is 0 Å². The lowest BCUT2D eigenvalue weighted by molar-refractivity contribution is 0.0919. The van der Waals surface area contributed by atoms with Crippen LogP contribution in [0.5, 0.6) is 0 Å². The monoisotopic (exact) mass is 269 g/mol. The van der Waals surface area contributed by atoms with E-state index in [-0.39, 0.29) is 18.6 Å². The van der Waals surface area contributed by atoms with Gasteiger partial charge in [0, 0.05) is 4.88 Å². The lowest BCUT2D eigenvalue weighted by atomic mass is 10.1. The first-order chi connectivity index (χ1) is 8.65. The van der Waals surface area contributed by atoms with Crippen LogP contribution in [0.2, 0.25) is 0 Å². The molecule has 1 atom stereocenters. The van der Waals surface area contributed by atoms with Gasteiger partial charge in [0.1, 0.15) is 0 Å². The largest absolute Gasteiger partial charge is 0.394 e. The fourth-order valence-corrected chi connectivity index (χ4v) is 3.11. The molecule has 1 aromatic heterocycles. The van der Waals surface area contributed by atoms with Gasteiger partial charge in [0.15, 0.2) is 0 Å². The Balaban J connectivity index is 2.79. The number of aliphatic hydroxyl groups excluding tert-OH is 1. The summed E-state index contributed by atoms with van der Waals surface area (Å²) in [6.45, 7) is 6.22. The Bertz CT molecular complexity index is 383. The summed E-state index contributed by atoms with van der Waals surface area (Å²) in [4.78, 5) is 14.1. The van der Waals surface area contributed by atoms with Crippen molar-refractivity contribution in [3.05, 3.63) is 21.4 Å². The Morgan fingerprint density at radius 1 is 1.44 bits per heavy atom. The van der Waals surface area contributed by atoms with E-state index >= 15 is 0 Å². The number of aryl methyl sites for hydroxylation is 2. The molecule has 1 heterocycles. The number of nitrogens with one attached hydrogen (secondary N) is 1. The van der Waals surface area contributed by atoms with Crippen molar-refractivity contribution < 1.29 is 9.90 Å². The van der Waals surface area contributed by atoms with E-state index in [1.54, 1.807) is 11.3 Å². The van der Waals surface area contributed by atoms with Crippen molar-refractivity contribution in [3.63, 3.8) is 0 Å². The van der Waals surface area contributed by atoms with Crippen LogP contribution in [0.15, 0.2) is 6.07 Å². The lowest BCUT2D eigenvalue weighted by Gasteiger charge is -2.12. The second kappa shape index (κ2) is 7.54. The van der Waals surface area contributed by atoms with Crippen LogP contribution in [-0.4, -0.2) is 23.7 Å². The number of aliphatic hydroxyl groups is 1. The van der Waals surface area contributed by atoms with Gasteiger partial charge in [-0.2, -0.15) is 0 Å². The fraction of sp³-hybridized carbons (Fsp3) is 0.643. The van der Waals surface area contributed by atoms with E-state index in [9.17, 15) is 4.79 Å². The predicted octanol–water partition coefficient (Wildman–Crippen LogP) is 2.76. The predicted molar refractivity (Wildman–Crippen MR) is 76.3 cm³/mol.